The van der Waals surface area contributed by atoms with Crippen LogP contribution in [0, 0.1) is 5.92 Å². The maximum atomic E-state index is 11.5. The molecule has 0 saturated carbocycles. The molecule has 3 nitrogen and oxygen atoms in total. The van der Waals surface area contributed by atoms with Crippen LogP contribution in [0.3, 0.4) is 0 Å². The van der Waals surface area contributed by atoms with Gasteiger partial charge in [0, 0.05) is 17.4 Å². The number of carboxylic acid groups (broad SMARTS) is 1. The summed E-state index contributed by atoms with van der Waals surface area (Å²) in [7, 11) is -1.67. The number of halogens is 1. The van der Waals surface area contributed by atoms with Crippen molar-refractivity contribution in [3.8, 4) is 0 Å². The number of carbonyl (C=O) groups is 1. The average Bonchev–Trinajstić information content (AvgIpc) is 2.37. The normalized spacial score (nSPS) is 22.6. The van der Waals surface area contributed by atoms with Gasteiger partial charge in [-0.1, -0.05) is 23.7 Å². The zero-order valence-corrected chi connectivity index (χ0v) is 14.4. The fraction of sp³-hybridized carbons (Fsp3) is 0.438. The lowest BCUT2D eigenvalue weighted by molar-refractivity contribution is -0.142. The average molecular weight is 325 g/mol. The molecule has 0 radical (unpaired) electrons. The summed E-state index contributed by atoms with van der Waals surface area (Å²) in [4.78, 5) is 11.5. The molecule has 5 heteroatoms. The summed E-state index contributed by atoms with van der Waals surface area (Å²) in [6.45, 7) is 6.40. The van der Waals surface area contributed by atoms with Crippen LogP contribution in [0.5, 0.6) is 0 Å². The maximum absolute atomic E-state index is 11.5. The summed E-state index contributed by atoms with van der Waals surface area (Å²) in [5.41, 5.74) is 1.01. The van der Waals surface area contributed by atoms with Gasteiger partial charge in [0.2, 0.25) is 8.32 Å². The Morgan fingerprint density at radius 1 is 1.29 bits per heavy atom. The standard InChI is InChI=1S/C16H21ClO3Si/c1-21(2,3)20-13-8-9-14(16(18)19)15(10-13)11-4-6-12(17)7-5-11/h4-8,14-15H,9-10H2,1-3H3,(H,18,19). The first-order valence-electron chi connectivity index (χ1n) is 7.12. The number of rotatable bonds is 4. The molecule has 1 aromatic carbocycles. The molecular formula is C16H21ClO3Si. The van der Waals surface area contributed by atoms with Gasteiger partial charge in [0.1, 0.15) is 0 Å². The molecular weight excluding hydrogens is 304 g/mol. The van der Waals surface area contributed by atoms with Crippen molar-refractivity contribution in [3.05, 3.63) is 46.7 Å². The molecule has 0 aromatic heterocycles. The summed E-state index contributed by atoms with van der Waals surface area (Å²) in [5.74, 6) is -0.277. The molecule has 1 N–H and O–H groups in total. The lowest BCUT2D eigenvalue weighted by Gasteiger charge is -2.32. The van der Waals surface area contributed by atoms with Crippen LogP contribution in [0.15, 0.2) is 36.1 Å². The SMILES string of the molecule is C[Si](C)(C)OC1=CCC(C(=O)O)C(c2ccc(Cl)cc2)C1. The molecule has 0 heterocycles. The highest BCUT2D eigenvalue weighted by Crippen LogP contribution is 2.39. The first kappa shape index (κ1) is 16.1. The zero-order valence-electron chi connectivity index (χ0n) is 12.6. The Labute approximate surface area is 131 Å². The molecule has 1 aliphatic carbocycles. The first-order chi connectivity index (χ1) is 9.76. The van der Waals surface area contributed by atoms with Crippen LogP contribution in [0.1, 0.15) is 24.3 Å². The van der Waals surface area contributed by atoms with E-state index < -0.39 is 20.2 Å². The van der Waals surface area contributed by atoms with E-state index in [-0.39, 0.29) is 5.92 Å². The molecule has 2 atom stereocenters. The molecule has 0 amide bonds. The van der Waals surface area contributed by atoms with Crippen LogP contribution in [0.4, 0.5) is 0 Å². The first-order valence-corrected chi connectivity index (χ1v) is 10.9. The summed E-state index contributed by atoms with van der Waals surface area (Å²) in [5, 5.41) is 10.1. The van der Waals surface area contributed by atoms with E-state index in [1.54, 1.807) is 0 Å². The summed E-state index contributed by atoms with van der Waals surface area (Å²) in [6, 6.07) is 7.46. The molecule has 0 spiro atoms. The quantitative estimate of drug-likeness (QED) is 0.820. The molecule has 114 valence electrons. The second-order valence-electron chi connectivity index (χ2n) is 6.43. The Kier molecular flexibility index (Phi) is 4.79. The topological polar surface area (TPSA) is 46.5 Å². The van der Waals surface area contributed by atoms with Crippen molar-refractivity contribution in [1.82, 2.24) is 0 Å². The van der Waals surface area contributed by atoms with Gasteiger partial charge < -0.3 is 9.53 Å². The molecule has 2 unspecified atom stereocenters. The minimum atomic E-state index is -1.67. The van der Waals surface area contributed by atoms with E-state index in [4.69, 9.17) is 16.0 Å². The molecule has 0 saturated heterocycles. The third-order valence-electron chi connectivity index (χ3n) is 3.56. The van der Waals surface area contributed by atoms with Gasteiger partial charge in [-0.25, -0.2) is 0 Å². The van der Waals surface area contributed by atoms with E-state index in [0.717, 1.165) is 11.3 Å². The summed E-state index contributed by atoms with van der Waals surface area (Å²) >= 11 is 5.92. The fourth-order valence-corrected chi connectivity index (χ4v) is 3.75. The van der Waals surface area contributed by atoms with Crippen molar-refractivity contribution in [1.29, 1.82) is 0 Å². The van der Waals surface area contributed by atoms with E-state index >= 15 is 0 Å². The van der Waals surface area contributed by atoms with Crippen molar-refractivity contribution in [2.45, 2.75) is 38.4 Å². The van der Waals surface area contributed by atoms with Crippen molar-refractivity contribution in [3.63, 3.8) is 0 Å². The molecule has 1 aliphatic rings. The predicted molar refractivity (Wildman–Crippen MR) is 87.1 cm³/mol. The van der Waals surface area contributed by atoms with E-state index in [1.807, 2.05) is 30.3 Å². The summed E-state index contributed by atoms with van der Waals surface area (Å²) < 4.78 is 6.06. The van der Waals surface area contributed by atoms with Gasteiger partial charge in [0.15, 0.2) is 0 Å². The molecule has 0 aliphatic heterocycles. The number of benzene rings is 1. The largest absolute Gasteiger partial charge is 0.548 e. The van der Waals surface area contributed by atoms with E-state index in [9.17, 15) is 9.90 Å². The third kappa shape index (κ3) is 4.35. The van der Waals surface area contributed by atoms with E-state index in [2.05, 4.69) is 19.6 Å². The van der Waals surface area contributed by atoms with Crippen LogP contribution in [0.25, 0.3) is 0 Å². The lowest BCUT2D eigenvalue weighted by Crippen LogP contribution is -2.30. The van der Waals surface area contributed by atoms with Crippen LogP contribution in [-0.4, -0.2) is 19.4 Å². The summed E-state index contributed by atoms with van der Waals surface area (Å²) in [6.07, 6.45) is 3.11. The maximum Gasteiger partial charge on any atom is 0.307 e. The van der Waals surface area contributed by atoms with E-state index in [0.29, 0.717) is 17.9 Å². The van der Waals surface area contributed by atoms with Crippen molar-refractivity contribution < 1.29 is 14.3 Å². The van der Waals surface area contributed by atoms with Gasteiger partial charge >= 0.3 is 5.97 Å². The lowest BCUT2D eigenvalue weighted by atomic mass is 9.78. The van der Waals surface area contributed by atoms with E-state index in [1.165, 1.54) is 0 Å². The Morgan fingerprint density at radius 2 is 1.90 bits per heavy atom. The Hall–Kier alpha value is -1.26. The van der Waals surface area contributed by atoms with Crippen molar-refractivity contribution >= 4 is 25.9 Å². The highest BCUT2D eigenvalue weighted by Gasteiger charge is 2.34. The number of carboxylic acids is 1. The van der Waals surface area contributed by atoms with Crippen molar-refractivity contribution in [2.75, 3.05) is 0 Å². The van der Waals surface area contributed by atoms with Crippen LogP contribution < -0.4 is 0 Å². The molecule has 0 fully saturated rings. The van der Waals surface area contributed by atoms with Gasteiger partial charge in [-0.3, -0.25) is 4.79 Å². The molecule has 1 aromatic rings. The van der Waals surface area contributed by atoms with Gasteiger partial charge in [-0.15, -0.1) is 0 Å². The Morgan fingerprint density at radius 3 is 2.43 bits per heavy atom. The molecule has 2 rings (SSSR count). The fourth-order valence-electron chi connectivity index (χ4n) is 2.67. The second kappa shape index (κ2) is 6.24. The monoisotopic (exact) mass is 324 g/mol. The second-order valence-corrected chi connectivity index (χ2v) is 11.3. The van der Waals surface area contributed by atoms with Gasteiger partial charge in [0.25, 0.3) is 0 Å². The van der Waals surface area contributed by atoms with Crippen molar-refractivity contribution in [2.24, 2.45) is 5.92 Å². The minimum Gasteiger partial charge on any atom is -0.548 e. The third-order valence-corrected chi connectivity index (χ3v) is 4.69. The zero-order chi connectivity index (χ0) is 15.6. The van der Waals surface area contributed by atoms with Gasteiger partial charge in [-0.05, 0) is 49.8 Å². The highest BCUT2D eigenvalue weighted by atomic mass is 35.5. The number of hydrogen-bond acceptors (Lipinski definition) is 2. The number of aliphatic carboxylic acids is 1. The van der Waals surface area contributed by atoms with Gasteiger partial charge in [0.05, 0.1) is 11.7 Å². The highest BCUT2D eigenvalue weighted by molar-refractivity contribution is 6.70. The molecule has 0 bridgehead atoms. The smallest absolute Gasteiger partial charge is 0.307 e. The number of hydrogen-bond donors (Lipinski definition) is 1. The number of allylic oxidation sites excluding steroid dienone is 2. The van der Waals surface area contributed by atoms with Crippen LogP contribution >= 0.6 is 11.6 Å². The van der Waals surface area contributed by atoms with Gasteiger partial charge in [-0.2, -0.15) is 0 Å². The Bertz CT molecular complexity index is 546. The predicted octanol–water partition coefficient (Wildman–Crippen LogP) is 4.65. The van der Waals surface area contributed by atoms with Crippen LogP contribution in [-0.2, 0) is 9.22 Å². The molecule has 21 heavy (non-hydrogen) atoms. The minimum absolute atomic E-state index is 0.0592. The Balaban J connectivity index is 2.25. The van der Waals surface area contributed by atoms with Crippen LogP contribution in [0.2, 0.25) is 24.7 Å².